The van der Waals surface area contributed by atoms with Crippen LogP contribution < -0.4 is 21.5 Å². The number of aryl methyl sites for hydroxylation is 1. The maximum atomic E-state index is 10.9. The lowest BCUT2D eigenvalue weighted by molar-refractivity contribution is -0.576. The van der Waals surface area contributed by atoms with Crippen molar-refractivity contribution in [2.24, 2.45) is 0 Å². The Morgan fingerprint density at radius 3 is 2.30 bits per heavy atom. The quantitative estimate of drug-likeness (QED) is 0.205. The van der Waals surface area contributed by atoms with Crippen LogP contribution in [0.1, 0.15) is 5.56 Å². The fourth-order valence-corrected chi connectivity index (χ4v) is 3.34. The van der Waals surface area contributed by atoms with Crippen LogP contribution in [0.25, 0.3) is 17.0 Å². The number of hydrogen-bond acceptors (Lipinski definition) is 3. The van der Waals surface area contributed by atoms with Gasteiger partial charge in [0.25, 0.3) is 11.3 Å². The van der Waals surface area contributed by atoms with Crippen LogP contribution in [0.15, 0.2) is 72.9 Å². The predicted molar refractivity (Wildman–Crippen MR) is 100 cm³/mol. The van der Waals surface area contributed by atoms with Gasteiger partial charge in [0.05, 0.1) is 4.92 Å². The standard InChI is InChI=1S/C19H15N4O2S.BrH/c1-14-5-7-16(8-6-14)22-19(26)21(18-4-2-3-13-20(18)22)15-9-11-17(12-10-15)23(24)25;/h2-13H,1H3;1H/q+1;/p-1. The molecule has 0 aliphatic rings. The van der Waals surface area contributed by atoms with E-state index in [1.54, 1.807) is 12.1 Å². The van der Waals surface area contributed by atoms with E-state index in [1.807, 2.05) is 69.3 Å². The molecule has 0 radical (unpaired) electrons. The number of pyridine rings is 1. The summed E-state index contributed by atoms with van der Waals surface area (Å²) in [4.78, 5) is 10.5. The summed E-state index contributed by atoms with van der Waals surface area (Å²) in [5.41, 5.74) is 3.81. The van der Waals surface area contributed by atoms with Crippen LogP contribution in [0.4, 0.5) is 5.69 Å². The zero-order valence-electron chi connectivity index (χ0n) is 14.3. The highest BCUT2D eigenvalue weighted by Gasteiger charge is 2.21. The summed E-state index contributed by atoms with van der Waals surface area (Å²) >= 11 is 5.75. The van der Waals surface area contributed by atoms with Gasteiger partial charge in [0.15, 0.2) is 0 Å². The first-order valence-corrected chi connectivity index (χ1v) is 8.43. The number of nitrogens with zero attached hydrogens (tertiary/aromatic N) is 4. The Kier molecular flexibility index (Phi) is 5.20. The van der Waals surface area contributed by atoms with E-state index >= 15 is 0 Å². The van der Waals surface area contributed by atoms with Gasteiger partial charge < -0.3 is 17.0 Å². The van der Waals surface area contributed by atoms with Crippen LogP contribution in [-0.4, -0.2) is 14.1 Å². The lowest BCUT2D eigenvalue weighted by Crippen LogP contribution is -3.00. The molecular formula is C19H15BrN4O2S. The number of rotatable bonds is 3. The molecule has 6 nitrogen and oxygen atoms in total. The summed E-state index contributed by atoms with van der Waals surface area (Å²) in [5, 5.41) is 10.9. The van der Waals surface area contributed by atoms with Gasteiger partial charge in [-0.05, 0) is 49.5 Å². The van der Waals surface area contributed by atoms with E-state index in [9.17, 15) is 10.1 Å². The first kappa shape index (κ1) is 18.9. The van der Waals surface area contributed by atoms with Crippen LogP contribution >= 0.6 is 12.2 Å². The van der Waals surface area contributed by atoms with Crippen molar-refractivity contribution in [2.75, 3.05) is 0 Å². The fourth-order valence-electron chi connectivity index (χ4n) is 2.94. The molecule has 2 aromatic heterocycles. The number of aromatic nitrogens is 3. The highest BCUT2D eigenvalue weighted by atomic mass is 79.9. The number of fused-ring (bicyclic) bond motifs is 1. The second kappa shape index (κ2) is 7.42. The smallest absolute Gasteiger partial charge is 0.336 e. The molecule has 0 amide bonds. The molecule has 0 saturated heterocycles. The Bertz CT molecular complexity index is 1180. The molecule has 4 rings (SSSR count). The zero-order valence-corrected chi connectivity index (χ0v) is 16.7. The van der Waals surface area contributed by atoms with Crippen molar-refractivity contribution in [3.8, 4) is 11.4 Å². The Balaban J connectivity index is 0.00000210. The Labute approximate surface area is 170 Å². The van der Waals surface area contributed by atoms with E-state index in [1.165, 1.54) is 17.7 Å². The largest absolute Gasteiger partial charge is 1.00 e. The third kappa shape index (κ3) is 3.29. The molecule has 0 saturated carbocycles. The minimum atomic E-state index is -0.409. The summed E-state index contributed by atoms with van der Waals surface area (Å²) in [6, 6.07) is 20.3. The lowest BCUT2D eigenvalue weighted by Gasteiger charge is -1.98. The molecule has 4 aromatic rings. The summed E-state index contributed by atoms with van der Waals surface area (Å²) < 4.78 is 6.38. The molecule has 0 aliphatic heterocycles. The van der Waals surface area contributed by atoms with Crippen molar-refractivity contribution >= 4 is 23.6 Å². The molecular weight excluding hydrogens is 428 g/mol. The van der Waals surface area contributed by atoms with Crippen molar-refractivity contribution in [3.63, 3.8) is 0 Å². The Morgan fingerprint density at radius 2 is 1.67 bits per heavy atom. The average molecular weight is 443 g/mol. The van der Waals surface area contributed by atoms with Crippen LogP contribution in [0, 0.1) is 21.8 Å². The normalized spacial score (nSPS) is 10.6. The van der Waals surface area contributed by atoms with Gasteiger partial charge in [-0.15, -0.1) is 4.52 Å². The van der Waals surface area contributed by atoms with Crippen LogP contribution in [0.3, 0.4) is 0 Å². The molecule has 0 bridgehead atoms. The zero-order chi connectivity index (χ0) is 18.3. The molecule has 0 aliphatic carbocycles. The minimum Gasteiger partial charge on any atom is -1.00 e. The Hall–Kier alpha value is -2.84. The van der Waals surface area contributed by atoms with Crippen molar-refractivity contribution in [1.82, 2.24) is 9.20 Å². The molecule has 8 heteroatoms. The molecule has 0 fully saturated rings. The predicted octanol–water partition coefficient (Wildman–Crippen LogP) is 0.957. The van der Waals surface area contributed by atoms with Crippen molar-refractivity contribution in [3.05, 3.63) is 93.4 Å². The number of nitro benzene ring substituents is 1. The van der Waals surface area contributed by atoms with E-state index in [0.717, 1.165) is 17.0 Å². The SMILES string of the molecule is Cc1ccc(-n2c(=S)[n+](-c3ccc([N+](=O)[O-])cc3)c3ccccn32)cc1.[Br-]. The first-order valence-electron chi connectivity index (χ1n) is 8.02. The molecule has 27 heavy (non-hydrogen) atoms. The molecule has 0 N–H and O–H groups in total. The summed E-state index contributed by atoms with van der Waals surface area (Å²) in [6.45, 7) is 2.04. The molecule has 0 unspecified atom stereocenters. The monoisotopic (exact) mass is 442 g/mol. The van der Waals surface area contributed by atoms with Gasteiger partial charge in [0.2, 0.25) is 0 Å². The lowest BCUT2D eigenvalue weighted by atomic mass is 10.2. The second-order valence-corrected chi connectivity index (χ2v) is 6.31. The van der Waals surface area contributed by atoms with Gasteiger partial charge in [-0.1, -0.05) is 28.4 Å². The number of hydrogen-bond donors (Lipinski definition) is 0. The van der Waals surface area contributed by atoms with E-state index in [0.29, 0.717) is 4.77 Å². The number of nitro groups is 1. The van der Waals surface area contributed by atoms with E-state index in [2.05, 4.69) is 0 Å². The summed E-state index contributed by atoms with van der Waals surface area (Å²) in [7, 11) is 0. The van der Waals surface area contributed by atoms with Gasteiger partial charge in [-0.25, -0.2) is 0 Å². The fraction of sp³-hybridized carbons (Fsp3) is 0.0526. The first-order chi connectivity index (χ1) is 12.6. The molecule has 136 valence electrons. The topological polar surface area (TPSA) is 56.4 Å². The maximum Gasteiger partial charge on any atom is 0.336 e. The third-order valence-electron chi connectivity index (χ3n) is 4.23. The van der Waals surface area contributed by atoms with Crippen molar-refractivity contribution in [1.29, 1.82) is 0 Å². The van der Waals surface area contributed by atoms with Crippen molar-refractivity contribution in [2.45, 2.75) is 6.92 Å². The molecule has 2 aromatic carbocycles. The van der Waals surface area contributed by atoms with Crippen LogP contribution in [0.2, 0.25) is 0 Å². The Morgan fingerprint density at radius 1 is 1.00 bits per heavy atom. The summed E-state index contributed by atoms with van der Waals surface area (Å²) in [5.74, 6) is 0. The van der Waals surface area contributed by atoms with Gasteiger partial charge >= 0.3 is 4.77 Å². The van der Waals surface area contributed by atoms with Crippen LogP contribution in [-0.2, 0) is 0 Å². The average Bonchev–Trinajstić information content (AvgIpc) is 2.94. The van der Waals surface area contributed by atoms with E-state index in [4.69, 9.17) is 12.2 Å². The van der Waals surface area contributed by atoms with Gasteiger partial charge in [-0.2, -0.15) is 4.57 Å². The van der Waals surface area contributed by atoms with E-state index in [-0.39, 0.29) is 22.7 Å². The molecule has 0 spiro atoms. The maximum absolute atomic E-state index is 10.9. The number of halogens is 1. The third-order valence-corrected chi connectivity index (χ3v) is 4.59. The van der Waals surface area contributed by atoms with Gasteiger partial charge in [-0.3, -0.25) is 10.1 Å². The highest BCUT2D eigenvalue weighted by molar-refractivity contribution is 7.71. The number of benzene rings is 2. The highest BCUT2D eigenvalue weighted by Crippen LogP contribution is 2.16. The van der Waals surface area contributed by atoms with E-state index < -0.39 is 4.92 Å². The summed E-state index contributed by atoms with van der Waals surface area (Å²) in [6.07, 6.45) is 1.94. The molecule has 0 atom stereocenters. The van der Waals surface area contributed by atoms with Crippen molar-refractivity contribution < 1.29 is 26.5 Å². The minimum absolute atomic E-state index is 0. The second-order valence-electron chi connectivity index (χ2n) is 5.94. The van der Waals surface area contributed by atoms with Crippen LogP contribution in [0.5, 0.6) is 0 Å². The van der Waals surface area contributed by atoms with Gasteiger partial charge in [0.1, 0.15) is 17.6 Å². The number of non-ortho nitro benzene ring substituents is 1. The van der Waals surface area contributed by atoms with Gasteiger partial charge in [0, 0.05) is 18.2 Å². The molecule has 2 heterocycles.